The Morgan fingerprint density at radius 3 is 0.969 bits per heavy atom. The molecule has 1 unspecified atom stereocenters. The summed E-state index contributed by atoms with van der Waals surface area (Å²) < 4.78 is 16.8. The van der Waals surface area contributed by atoms with Crippen LogP contribution in [0.25, 0.3) is 0 Å². The molecule has 0 aromatic rings. The van der Waals surface area contributed by atoms with Crippen molar-refractivity contribution in [2.75, 3.05) is 13.2 Å². The van der Waals surface area contributed by atoms with E-state index < -0.39 is 6.10 Å². The molecule has 370 valence electrons. The van der Waals surface area contributed by atoms with Crippen LogP contribution in [-0.2, 0) is 28.6 Å². The van der Waals surface area contributed by atoms with Gasteiger partial charge in [-0.2, -0.15) is 0 Å². The van der Waals surface area contributed by atoms with Crippen molar-refractivity contribution in [2.24, 2.45) is 0 Å². The fourth-order valence-corrected chi connectivity index (χ4v) is 7.23. The fourth-order valence-electron chi connectivity index (χ4n) is 7.23. The van der Waals surface area contributed by atoms with Crippen LogP contribution in [0.5, 0.6) is 0 Å². The molecule has 0 spiro atoms. The highest BCUT2D eigenvalue weighted by atomic mass is 16.6. The van der Waals surface area contributed by atoms with Crippen molar-refractivity contribution in [1.29, 1.82) is 0 Å². The Kier molecular flexibility index (Phi) is 50.0. The molecule has 0 radical (unpaired) electrons. The van der Waals surface area contributed by atoms with Crippen molar-refractivity contribution < 1.29 is 28.6 Å². The second-order valence-electron chi connectivity index (χ2n) is 17.6. The average Bonchev–Trinajstić information content (AvgIpc) is 3.30. The number of carbonyl (C=O) groups is 3. The van der Waals surface area contributed by atoms with Crippen molar-refractivity contribution >= 4 is 17.9 Å². The first-order valence-corrected chi connectivity index (χ1v) is 26.8. The Hall–Kier alpha value is -3.67. The maximum atomic E-state index is 12.8. The summed E-state index contributed by atoms with van der Waals surface area (Å²) in [6.45, 7) is 6.42. The van der Waals surface area contributed by atoms with Crippen molar-refractivity contribution in [3.63, 3.8) is 0 Å². The monoisotopic (exact) mass is 903 g/mol. The molecule has 0 N–H and O–H groups in total. The number of ether oxygens (including phenoxy) is 3. The van der Waals surface area contributed by atoms with E-state index in [1.807, 2.05) is 18.2 Å². The van der Waals surface area contributed by atoms with Gasteiger partial charge in [-0.05, 0) is 64.2 Å². The molecular weight excluding hydrogens is 805 g/mol. The van der Waals surface area contributed by atoms with E-state index in [9.17, 15) is 14.4 Å². The minimum absolute atomic E-state index is 0.0944. The smallest absolute Gasteiger partial charge is 0.306 e. The first-order chi connectivity index (χ1) is 32.0. The van der Waals surface area contributed by atoms with Gasteiger partial charge in [-0.1, -0.05) is 253 Å². The van der Waals surface area contributed by atoms with Crippen LogP contribution in [-0.4, -0.2) is 37.2 Å². The van der Waals surface area contributed by atoms with Crippen molar-refractivity contribution in [3.8, 4) is 0 Å². The maximum Gasteiger partial charge on any atom is 0.306 e. The van der Waals surface area contributed by atoms with E-state index in [1.54, 1.807) is 0 Å². The highest BCUT2D eigenvalue weighted by molar-refractivity contribution is 5.71. The maximum absolute atomic E-state index is 12.8. The number of hydrogen-bond acceptors (Lipinski definition) is 6. The van der Waals surface area contributed by atoms with Crippen LogP contribution in [0.1, 0.15) is 239 Å². The molecule has 0 aliphatic rings. The Balaban J connectivity index is 4.48. The normalized spacial score (nSPS) is 12.8. The molecule has 0 saturated heterocycles. The van der Waals surface area contributed by atoms with E-state index >= 15 is 0 Å². The van der Waals surface area contributed by atoms with Crippen LogP contribution in [0, 0.1) is 0 Å². The lowest BCUT2D eigenvalue weighted by Gasteiger charge is -2.18. The predicted molar refractivity (Wildman–Crippen MR) is 279 cm³/mol. The van der Waals surface area contributed by atoms with Gasteiger partial charge < -0.3 is 14.2 Å². The van der Waals surface area contributed by atoms with Gasteiger partial charge in [-0.25, -0.2) is 0 Å². The molecule has 0 aromatic heterocycles. The van der Waals surface area contributed by atoms with Gasteiger partial charge in [0.2, 0.25) is 0 Å². The van der Waals surface area contributed by atoms with Gasteiger partial charge in [0, 0.05) is 19.3 Å². The van der Waals surface area contributed by atoms with E-state index in [1.165, 1.54) is 89.9 Å². The minimum Gasteiger partial charge on any atom is -0.462 e. The summed E-state index contributed by atoms with van der Waals surface area (Å²) in [7, 11) is 0. The molecule has 0 fully saturated rings. The molecule has 0 bridgehead atoms. The van der Waals surface area contributed by atoms with Crippen molar-refractivity contribution in [2.45, 2.75) is 245 Å². The quantitative estimate of drug-likeness (QED) is 0.0262. The van der Waals surface area contributed by atoms with Gasteiger partial charge in [-0.15, -0.1) is 0 Å². The van der Waals surface area contributed by atoms with Crippen LogP contribution in [0.3, 0.4) is 0 Å². The zero-order chi connectivity index (χ0) is 47.2. The van der Waals surface area contributed by atoms with Crippen LogP contribution in [0.15, 0.2) is 97.2 Å². The molecule has 0 rings (SSSR count). The fraction of sp³-hybridized carbons (Fsp3) is 0.678. The summed E-state index contributed by atoms with van der Waals surface area (Å²) in [6, 6.07) is 0. The van der Waals surface area contributed by atoms with Gasteiger partial charge in [0.25, 0.3) is 0 Å². The molecule has 6 nitrogen and oxygen atoms in total. The summed E-state index contributed by atoms with van der Waals surface area (Å²) in [4.78, 5) is 38.1. The molecule has 0 heterocycles. The molecule has 0 aliphatic carbocycles. The molecule has 0 aliphatic heterocycles. The first-order valence-electron chi connectivity index (χ1n) is 26.8. The Bertz CT molecular complexity index is 1310. The molecule has 0 amide bonds. The molecule has 0 saturated carbocycles. The van der Waals surface area contributed by atoms with Gasteiger partial charge >= 0.3 is 17.9 Å². The lowest BCUT2D eigenvalue weighted by Crippen LogP contribution is -2.30. The lowest BCUT2D eigenvalue weighted by atomic mass is 10.0. The summed E-state index contributed by atoms with van der Waals surface area (Å²) in [5.74, 6) is -0.941. The standard InChI is InChI=1S/C59H98O6/c1-4-7-10-13-16-19-22-25-28-29-30-32-34-37-40-43-46-49-52-58(61)64-55-56(54-63-57(60)51-48-45-42-39-36-33-27-24-21-18-15-12-9-6-3)65-59(62)53-50-47-44-41-38-35-31-26-23-20-17-14-11-8-5-2/h8,11,14,16-17,19-20,22-23,25-26,28-32,56H,4-7,9-10,12-13,15,18,21,24,27,33-55H2,1-3H3/b11-8-,17-14-,19-16-,23-20-,25-22-,29-28-,31-26-,32-30-. The topological polar surface area (TPSA) is 78.9 Å². The highest BCUT2D eigenvalue weighted by Gasteiger charge is 2.19. The number of allylic oxidation sites excluding steroid dienone is 16. The predicted octanol–water partition coefficient (Wildman–Crippen LogP) is 17.8. The second kappa shape index (κ2) is 52.9. The molecule has 0 aromatic carbocycles. The molecule has 65 heavy (non-hydrogen) atoms. The van der Waals surface area contributed by atoms with Gasteiger partial charge in [0.1, 0.15) is 13.2 Å². The Morgan fingerprint density at radius 1 is 0.323 bits per heavy atom. The second-order valence-corrected chi connectivity index (χ2v) is 17.6. The zero-order valence-electron chi connectivity index (χ0n) is 42.2. The molecular formula is C59H98O6. The average molecular weight is 903 g/mol. The van der Waals surface area contributed by atoms with Crippen molar-refractivity contribution in [3.05, 3.63) is 97.2 Å². The van der Waals surface area contributed by atoms with Crippen molar-refractivity contribution in [1.82, 2.24) is 0 Å². The first kappa shape index (κ1) is 61.3. The third kappa shape index (κ3) is 51.2. The number of unbranched alkanes of at least 4 members (excludes halogenated alkanes) is 26. The summed E-state index contributed by atoms with van der Waals surface area (Å²) in [5, 5.41) is 0. The van der Waals surface area contributed by atoms with E-state index in [-0.39, 0.29) is 31.1 Å². The van der Waals surface area contributed by atoms with Gasteiger partial charge in [-0.3, -0.25) is 14.4 Å². The van der Waals surface area contributed by atoms with E-state index in [0.717, 1.165) is 109 Å². The third-order valence-electron chi connectivity index (χ3n) is 11.3. The highest BCUT2D eigenvalue weighted by Crippen LogP contribution is 2.15. The SMILES string of the molecule is CC\C=C/C=C\C=C/C=C\CCCCCCCC(=O)OC(COC(=O)CCCCCCC\C=C/C=C\C=C/C=C\CCCCC)COC(=O)CCCCCCCCCCCCCCCC. The van der Waals surface area contributed by atoms with Crippen LogP contribution in [0.2, 0.25) is 0 Å². The number of carbonyl (C=O) groups excluding carboxylic acids is 3. The summed E-state index contributed by atoms with van der Waals surface area (Å²) >= 11 is 0. The molecule has 1 atom stereocenters. The van der Waals surface area contributed by atoms with E-state index in [4.69, 9.17) is 14.2 Å². The van der Waals surface area contributed by atoms with Crippen LogP contribution >= 0.6 is 0 Å². The zero-order valence-corrected chi connectivity index (χ0v) is 42.2. The van der Waals surface area contributed by atoms with Gasteiger partial charge in [0.15, 0.2) is 6.10 Å². The summed E-state index contributed by atoms with van der Waals surface area (Å²) in [5.41, 5.74) is 0. The minimum atomic E-state index is -0.799. The number of esters is 3. The van der Waals surface area contributed by atoms with Crippen LogP contribution < -0.4 is 0 Å². The van der Waals surface area contributed by atoms with E-state index in [2.05, 4.69) is 99.8 Å². The molecule has 6 heteroatoms. The third-order valence-corrected chi connectivity index (χ3v) is 11.3. The Morgan fingerprint density at radius 2 is 0.600 bits per heavy atom. The lowest BCUT2D eigenvalue weighted by molar-refractivity contribution is -0.167. The largest absolute Gasteiger partial charge is 0.462 e. The number of hydrogen-bond donors (Lipinski definition) is 0. The van der Waals surface area contributed by atoms with E-state index in [0.29, 0.717) is 19.3 Å². The van der Waals surface area contributed by atoms with Crippen LogP contribution in [0.4, 0.5) is 0 Å². The summed E-state index contributed by atoms with van der Waals surface area (Å²) in [6.07, 6.45) is 69.5. The number of rotatable bonds is 47. The Labute approximate surface area is 400 Å². The van der Waals surface area contributed by atoms with Gasteiger partial charge in [0.05, 0.1) is 0 Å².